The van der Waals surface area contributed by atoms with E-state index in [2.05, 4.69) is 37.0 Å². The summed E-state index contributed by atoms with van der Waals surface area (Å²) in [5.41, 5.74) is 4.87. The van der Waals surface area contributed by atoms with Crippen LogP contribution in [0.5, 0.6) is 5.75 Å². The van der Waals surface area contributed by atoms with Crippen LogP contribution in [0, 0.1) is 0 Å². The molecule has 0 saturated carbocycles. The Morgan fingerprint density at radius 2 is 1.70 bits per heavy atom. The van der Waals surface area contributed by atoms with Gasteiger partial charge in [-0.25, -0.2) is 0 Å². The maximum absolute atomic E-state index is 5.39. The highest BCUT2D eigenvalue weighted by Gasteiger charge is 2.09. The molecule has 2 aromatic carbocycles. The van der Waals surface area contributed by atoms with Gasteiger partial charge < -0.3 is 4.74 Å². The Bertz CT molecular complexity index is 654. The molecule has 0 amide bonds. The van der Waals surface area contributed by atoms with Crippen LogP contribution in [0.4, 0.5) is 5.69 Å². The molecule has 0 aliphatic rings. The van der Waals surface area contributed by atoms with E-state index in [1.807, 2.05) is 30.3 Å². The van der Waals surface area contributed by atoms with Gasteiger partial charge in [0.1, 0.15) is 11.4 Å². The molecule has 2 nitrogen and oxygen atoms in total. The zero-order valence-corrected chi connectivity index (χ0v) is 11.6. The second kappa shape index (κ2) is 6.02. The first-order valence-corrected chi connectivity index (χ1v) is 6.27. The number of hydrogen-bond acceptors (Lipinski definition) is 2. The van der Waals surface area contributed by atoms with Gasteiger partial charge in [-0.15, -0.1) is 0 Å². The Kier molecular flexibility index (Phi) is 4.16. The first-order chi connectivity index (χ1) is 9.73. The number of methoxy groups -OCH3 is 1. The average Bonchev–Trinajstić information content (AvgIpc) is 2.53. The van der Waals surface area contributed by atoms with Crippen molar-refractivity contribution in [3.8, 4) is 16.9 Å². The molecule has 0 heterocycles. The third kappa shape index (κ3) is 2.54. The number of aliphatic imine (C=N–C) groups is 1. The summed E-state index contributed by atoms with van der Waals surface area (Å²) in [5.74, 6) is 0.695. The number of ether oxygens (including phenoxy) is 1. The molecule has 2 aromatic rings. The standard InChI is InChI=1S/C18H17NO/c1-5-13-7-9-15(10-8-13)16-11-14(6-2)18(19-3)17(12-16)20-4/h5-12H,1-3H2,4H3. The van der Waals surface area contributed by atoms with E-state index in [0.29, 0.717) is 11.4 Å². The van der Waals surface area contributed by atoms with Gasteiger partial charge in [0.2, 0.25) is 0 Å². The summed E-state index contributed by atoms with van der Waals surface area (Å²) in [6.07, 6.45) is 3.58. The van der Waals surface area contributed by atoms with Gasteiger partial charge in [-0.3, -0.25) is 4.99 Å². The van der Waals surface area contributed by atoms with Crippen LogP contribution in [0.25, 0.3) is 23.3 Å². The highest BCUT2D eigenvalue weighted by molar-refractivity contribution is 5.79. The SMILES string of the molecule is C=Cc1ccc(-c2cc(C=C)c(N=C)c(OC)c2)cc1. The predicted octanol–water partition coefficient (Wildman–Crippen LogP) is 4.98. The largest absolute Gasteiger partial charge is 0.494 e. The van der Waals surface area contributed by atoms with E-state index >= 15 is 0 Å². The normalized spacial score (nSPS) is 9.85. The summed E-state index contributed by atoms with van der Waals surface area (Å²) in [7, 11) is 1.63. The molecule has 0 aromatic heterocycles. The van der Waals surface area contributed by atoms with Gasteiger partial charge in [-0.05, 0) is 35.5 Å². The van der Waals surface area contributed by atoms with E-state index < -0.39 is 0 Å². The molecule has 0 radical (unpaired) electrons. The van der Waals surface area contributed by atoms with E-state index in [9.17, 15) is 0 Å². The molecule has 0 bridgehead atoms. The Hall–Kier alpha value is -2.61. The van der Waals surface area contributed by atoms with Crippen LogP contribution >= 0.6 is 0 Å². The van der Waals surface area contributed by atoms with Crippen LogP contribution in [-0.4, -0.2) is 13.8 Å². The van der Waals surface area contributed by atoms with Crippen molar-refractivity contribution >= 4 is 24.6 Å². The van der Waals surface area contributed by atoms with Crippen molar-refractivity contribution < 1.29 is 4.74 Å². The molecule has 0 N–H and O–H groups in total. The number of benzene rings is 2. The number of rotatable bonds is 5. The van der Waals surface area contributed by atoms with Crippen molar-refractivity contribution in [1.82, 2.24) is 0 Å². The minimum Gasteiger partial charge on any atom is -0.494 e. The third-order valence-electron chi connectivity index (χ3n) is 3.18. The molecule has 2 heteroatoms. The summed E-state index contributed by atoms with van der Waals surface area (Å²) in [5, 5.41) is 0. The van der Waals surface area contributed by atoms with Gasteiger partial charge in [-0.1, -0.05) is 49.6 Å². The van der Waals surface area contributed by atoms with Crippen molar-refractivity contribution in [2.75, 3.05) is 7.11 Å². The smallest absolute Gasteiger partial charge is 0.145 e. The van der Waals surface area contributed by atoms with Crippen LogP contribution in [0.2, 0.25) is 0 Å². The van der Waals surface area contributed by atoms with Gasteiger partial charge in [0.25, 0.3) is 0 Å². The lowest BCUT2D eigenvalue weighted by Gasteiger charge is -2.11. The third-order valence-corrected chi connectivity index (χ3v) is 3.18. The molecule has 0 unspecified atom stereocenters. The van der Waals surface area contributed by atoms with Crippen molar-refractivity contribution in [1.29, 1.82) is 0 Å². The predicted molar refractivity (Wildman–Crippen MR) is 87.8 cm³/mol. The molecule has 0 aliphatic carbocycles. The van der Waals surface area contributed by atoms with Gasteiger partial charge in [0.15, 0.2) is 0 Å². The summed E-state index contributed by atoms with van der Waals surface area (Å²) in [6, 6.07) is 12.2. The Labute approximate surface area is 119 Å². The lowest BCUT2D eigenvalue weighted by atomic mass is 10.00. The molecule has 0 fully saturated rings. The maximum Gasteiger partial charge on any atom is 0.145 e. The molecule has 0 spiro atoms. The minimum atomic E-state index is 0.695. The van der Waals surface area contributed by atoms with Crippen LogP contribution in [-0.2, 0) is 0 Å². The van der Waals surface area contributed by atoms with Crippen molar-refractivity contribution in [3.05, 3.63) is 60.7 Å². The lowest BCUT2D eigenvalue weighted by Crippen LogP contribution is -1.88. The highest BCUT2D eigenvalue weighted by atomic mass is 16.5. The summed E-state index contributed by atoms with van der Waals surface area (Å²) in [6.45, 7) is 11.2. The van der Waals surface area contributed by atoms with Crippen LogP contribution in [0.3, 0.4) is 0 Å². The zero-order chi connectivity index (χ0) is 14.5. The average molecular weight is 263 g/mol. The van der Waals surface area contributed by atoms with E-state index in [4.69, 9.17) is 4.74 Å². The summed E-state index contributed by atoms with van der Waals surface area (Å²) < 4.78 is 5.39. The van der Waals surface area contributed by atoms with E-state index in [1.165, 1.54) is 0 Å². The Morgan fingerprint density at radius 3 is 2.20 bits per heavy atom. The van der Waals surface area contributed by atoms with Crippen LogP contribution in [0.1, 0.15) is 11.1 Å². The fourth-order valence-corrected chi connectivity index (χ4v) is 2.09. The fourth-order valence-electron chi connectivity index (χ4n) is 2.09. The maximum atomic E-state index is 5.39. The van der Waals surface area contributed by atoms with Crippen molar-refractivity contribution in [3.63, 3.8) is 0 Å². The molecule has 2 rings (SSSR count). The topological polar surface area (TPSA) is 21.6 Å². The van der Waals surface area contributed by atoms with Crippen molar-refractivity contribution in [2.24, 2.45) is 4.99 Å². The first-order valence-electron chi connectivity index (χ1n) is 6.27. The van der Waals surface area contributed by atoms with Crippen LogP contribution in [0.15, 0.2) is 54.5 Å². The summed E-state index contributed by atoms with van der Waals surface area (Å²) >= 11 is 0. The van der Waals surface area contributed by atoms with Gasteiger partial charge >= 0.3 is 0 Å². The number of hydrogen-bond donors (Lipinski definition) is 0. The zero-order valence-electron chi connectivity index (χ0n) is 11.6. The molecular weight excluding hydrogens is 246 g/mol. The molecular formula is C18H17NO. The molecule has 0 saturated heterocycles. The highest BCUT2D eigenvalue weighted by Crippen LogP contribution is 2.37. The summed E-state index contributed by atoms with van der Waals surface area (Å²) in [4.78, 5) is 4.01. The second-order valence-electron chi connectivity index (χ2n) is 4.30. The fraction of sp³-hybridized carbons (Fsp3) is 0.0556. The molecule has 20 heavy (non-hydrogen) atoms. The quantitative estimate of drug-likeness (QED) is 0.697. The second-order valence-corrected chi connectivity index (χ2v) is 4.30. The first kappa shape index (κ1) is 13.8. The van der Waals surface area contributed by atoms with Gasteiger partial charge in [0.05, 0.1) is 7.11 Å². The van der Waals surface area contributed by atoms with E-state index in [1.54, 1.807) is 13.2 Å². The molecule has 0 aliphatic heterocycles. The Balaban J connectivity index is 2.58. The van der Waals surface area contributed by atoms with Crippen molar-refractivity contribution in [2.45, 2.75) is 0 Å². The monoisotopic (exact) mass is 263 g/mol. The van der Waals surface area contributed by atoms with Crippen LogP contribution < -0.4 is 4.74 Å². The minimum absolute atomic E-state index is 0.695. The Morgan fingerprint density at radius 1 is 1.00 bits per heavy atom. The lowest BCUT2D eigenvalue weighted by molar-refractivity contribution is 0.416. The van der Waals surface area contributed by atoms with E-state index in [-0.39, 0.29) is 0 Å². The number of nitrogens with zero attached hydrogens (tertiary/aromatic N) is 1. The molecule has 100 valence electrons. The van der Waals surface area contributed by atoms with Gasteiger partial charge in [-0.2, -0.15) is 0 Å². The van der Waals surface area contributed by atoms with Gasteiger partial charge in [0, 0.05) is 5.56 Å². The molecule has 0 atom stereocenters. The van der Waals surface area contributed by atoms with E-state index in [0.717, 1.165) is 22.3 Å².